The second-order valence-electron chi connectivity index (χ2n) is 6.69. The number of nitrogens with zero attached hydrogens (tertiary/aromatic N) is 1. The first kappa shape index (κ1) is 17.8. The third-order valence-electron chi connectivity index (χ3n) is 4.92. The summed E-state index contributed by atoms with van der Waals surface area (Å²) in [5.74, 6) is 0.0487. The number of nitrogens with one attached hydrogen (secondary N) is 1. The molecule has 0 unspecified atom stereocenters. The fourth-order valence-electron chi connectivity index (χ4n) is 3.62. The molecule has 2 aliphatic rings. The standard InChI is InChI=1S/C19H23F3N2O/c1-2-3-11-24-17(15-9-4-5-10-16(15)18(24)25)23-14-8-6-7-13(12-14)19(20,21)22/h6-8,12,17,23H,2-5,9-11H2,1H3/t17-/m1/s1. The Morgan fingerprint density at radius 3 is 2.72 bits per heavy atom. The minimum absolute atomic E-state index is 0.0487. The van der Waals surface area contributed by atoms with Crippen molar-refractivity contribution < 1.29 is 18.0 Å². The highest BCUT2D eigenvalue weighted by Crippen LogP contribution is 2.38. The average Bonchev–Trinajstić information content (AvgIpc) is 2.85. The van der Waals surface area contributed by atoms with Crippen LogP contribution in [-0.2, 0) is 11.0 Å². The van der Waals surface area contributed by atoms with Gasteiger partial charge in [-0.15, -0.1) is 0 Å². The van der Waals surface area contributed by atoms with E-state index < -0.39 is 11.7 Å². The first-order valence-electron chi connectivity index (χ1n) is 8.88. The molecule has 0 spiro atoms. The molecule has 1 heterocycles. The topological polar surface area (TPSA) is 32.3 Å². The maximum absolute atomic E-state index is 13.0. The Hall–Kier alpha value is -1.98. The summed E-state index contributed by atoms with van der Waals surface area (Å²) in [5, 5.41) is 3.19. The van der Waals surface area contributed by atoms with Gasteiger partial charge in [-0.05, 0) is 55.9 Å². The van der Waals surface area contributed by atoms with Crippen molar-refractivity contribution in [3.05, 3.63) is 41.0 Å². The summed E-state index contributed by atoms with van der Waals surface area (Å²) in [6.07, 6.45) is 0.783. The van der Waals surface area contributed by atoms with Crippen LogP contribution in [0.5, 0.6) is 0 Å². The van der Waals surface area contributed by atoms with Gasteiger partial charge < -0.3 is 10.2 Å². The van der Waals surface area contributed by atoms with E-state index in [1.807, 2.05) is 0 Å². The van der Waals surface area contributed by atoms with E-state index in [9.17, 15) is 18.0 Å². The molecule has 0 fully saturated rings. The first-order valence-corrected chi connectivity index (χ1v) is 8.88. The van der Waals surface area contributed by atoms with Crippen molar-refractivity contribution in [2.45, 2.75) is 57.8 Å². The SMILES string of the molecule is CCCCN1C(=O)C2=C(CCCC2)[C@@H]1Nc1cccc(C(F)(F)F)c1. The predicted octanol–water partition coefficient (Wildman–Crippen LogP) is 4.96. The number of benzene rings is 1. The van der Waals surface area contributed by atoms with E-state index in [1.54, 1.807) is 11.0 Å². The molecule has 0 bridgehead atoms. The Labute approximate surface area is 145 Å². The van der Waals surface area contributed by atoms with E-state index in [-0.39, 0.29) is 12.1 Å². The second kappa shape index (κ2) is 7.10. The zero-order chi connectivity index (χ0) is 18.0. The van der Waals surface area contributed by atoms with Gasteiger partial charge in [-0.2, -0.15) is 13.2 Å². The lowest BCUT2D eigenvalue weighted by atomic mass is 9.92. The Morgan fingerprint density at radius 1 is 1.24 bits per heavy atom. The molecular formula is C19H23F3N2O. The van der Waals surface area contributed by atoms with Crippen molar-refractivity contribution in [2.75, 3.05) is 11.9 Å². The Bertz CT molecular complexity index is 681. The lowest BCUT2D eigenvalue weighted by Crippen LogP contribution is -2.41. The highest BCUT2D eigenvalue weighted by molar-refractivity contribution is 5.98. The van der Waals surface area contributed by atoms with Gasteiger partial charge in [0.1, 0.15) is 6.17 Å². The molecule has 3 rings (SSSR count). The zero-order valence-electron chi connectivity index (χ0n) is 14.3. The fraction of sp³-hybridized carbons (Fsp3) is 0.526. The molecule has 1 aliphatic heterocycles. The van der Waals surface area contributed by atoms with Crippen LogP contribution in [0.3, 0.4) is 0 Å². The van der Waals surface area contributed by atoms with Crippen molar-refractivity contribution in [2.24, 2.45) is 0 Å². The van der Waals surface area contributed by atoms with E-state index in [1.165, 1.54) is 6.07 Å². The molecule has 25 heavy (non-hydrogen) atoms. The summed E-state index contributed by atoms with van der Waals surface area (Å²) in [7, 11) is 0. The molecule has 1 amide bonds. The van der Waals surface area contributed by atoms with Gasteiger partial charge in [-0.25, -0.2) is 0 Å². The summed E-state index contributed by atoms with van der Waals surface area (Å²) in [6, 6.07) is 5.20. The smallest absolute Gasteiger partial charge is 0.362 e. The third-order valence-corrected chi connectivity index (χ3v) is 4.92. The van der Waals surface area contributed by atoms with Gasteiger partial charge >= 0.3 is 6.18 Å². The molecule has 136 valence electrons. The van der Waals surface area contributed by atoms with Crippen LogP contribution in [-0.4, -0.2) is 23.5 Å². The van der Waals surface area contributed by atoms with Gasteiger partial charge in [0, 0.05) is 17.8 Å². The van der Waals surface area contributed by atoms with Crippen LogP contribution in [0.4, 0.5) is 18.9 Å². The quantitative estimate of drug-likeness (QED) is 0.813. The van der Waals surface area contributed by atoms with E-state index in [0.29, 0.717) is 12.2 Å². The number of hydrogen-bond donors (Lipinski definition) is 1. The van der Waals surface area contributed by atoms with E-state index in [0.717, 1.165) is 61.8 Å². The number of hydrogen-bond acceptors (Lipinski definition) is 2. The Morgan fingerprint density at radius 2 is 2.00 bits per heavy atom. The van der Waals surface area contributed by atoms with Crippen LogP contribution >= 0.6 is 0 Å². The number of amides is 1. The maximum Gasteiger partial charge on any atom is 0.416 e. The maximum atomic E-state index is 13.0. The summed E-state index contributed by atoms with van der Waals surface area (Å²) >= 11 is 0. The van der Waals surface area contributed by atoms with E-state index in [4.69, 9.17) is 0 Å². The van der Waals surface area contributed by atoms with Crippen LogP contribution in [0.1, 0.15) is 51.0 Å². The molecule has 3 nitrogen and oxygen atoms in total. The highest BCUT2D eigenvalue weighted by atomic mass is 19.4. The molecule has 0 radical (unpaired) electrons. The lowest BCUT2D eigenvalue weighted by molar-refractivity contribution is -0.137. The van der Waals surface area contributed by atoms with Crippen molar-refractivity contribution in [3.8, 4) is 0 Å². The van der Waals surface area contributed by atoms with Gasteiger partial charge in [-0.1, -0.05) is 19.4 Å². The highest BCUT2D eigenvalue weighted by Gasteiger charge is 2.39. The number of unbranched alkanes of at least 4 members (excludes halogenated alkanes) is 1. The normalized spacial score (nSPS) is 20.9. The molecule has 0 saturated heterocycles. The summed E-state index contributed by atoms with van der Waals surface area (Å²) in [5.41, 5.74) is 1.64. The third kappa shape index (κ3) is 3.67. The van der Waals surface area contributed by atoms with Gasteiger partial charge in [-0.3, -0.25) is 4.79 Å². The largest absolute Gasteiger partial charge is 0.416 e. The minimum atomic E-state index is -4.37. The summed E-state index contributed by atoms with van der Waals surface area (Å²) in [4.78, 5) is 14.5. The molecule has 0 saturated carbocycles. The molecule has 1 aromatic rings. The average molecular weight is 352 g/mol. The van der Waals surface area contributed by atoms with Crippen LogP contribution < -0.4 is 5.32 Å². The summed E-state index contributed by atoms with van der Waals surface area (Å²) in [6.45, 7) is 2.68. The van der Waals surface area contributed by atoms with Crippen LogP contribution in [0.15, 0.2) is 35.4 Å². The minimum Gasteiger partial charge on any atom is -0.362 e. The number of halogens is 3. The van der Waals surface area contributed by atoms with Crippen LogP contribution in [0.25, 0.3) is 0 Å². The molecular weight excluding hydrogens is 329 g/mol. The number of alkyl halides is 3. The molecule has 1 aliphatic carbocycles. The molecule has 1 N–H and O–H groups in total. The molecule has 6 heteroatoms. The van der Waals surface area contributed by atoms with Crippen molar-refractivity contribution in [1.29, 1.82) is 0 Å². The van der Waals surface area contributed by atoms with Crippen molar-refractivity contribution in [1.82, 2.24) is 4.90 Å². The van der Waals surface area contributed by atoms with E-state index >= 15 is 0 Å². The van der Waals surface area contributed by atoms with Gasteiger partial charge in [0.25, 0.3) is 5.91 Å². The second-order valence-corrected chi connectivity index (χ2v) is 6.69. The molecule has 1 atom stereocenters. The number of carbonyl (C=O) groups excluding carboxylic acids is 1. The van der Waals surface area contributed by atoms with Gasteiger partial charge in [0.05, 0.1) is 5.56 Å². The molecule has 1 aromatic carbocycles. The summed E-state index contributed by atoms with van der Waals surface area (Å²) < 4.78 is 38.9. The Balaban J connectivity index is 1.87. The number of carbonyl (C=O) groups is 1. The zero-order valence-corrected chi connectivity index (χ0v) is 14.3. The molecule has 0 aromatic heterocycles. The van der Waals surface area contributed by atoms with Crippen LogP contribution in [0, 0.1) is 0 Å². The van der Waals surface area contributed by atoms with Crippen molar-refractivity contribution >= 4 is 11.6 Å². The first-order chi connectivity index (χ1) is 11.9. The van der Waals surface area contributed by atoms with Crippen LogP contribution in [0.2, 0.25) is 0 Å². The lowest BCUT2D eigenvalue weighted by Gasteiger charge is -2.29. The van der Waals surface area contributed by atoms with Crippen molar-refractivity contribution in [3.63, 3.8) is 0 Å². The number of rotatable bonds is 5. The van der Waals surface area contributed by atoms with Gasteiger partial charge in [0.15, 0.2) is 0 Å². The predicted molar refractivity (Wildman–Crippen MR) is 91.0 cm³/mol. The van der Waals surface area contributed by atoms with Gasteiger partial charge in [0.2, 0.25) is 0 Å². The number of anilines is 1. The van der Waals surface area contributed by atoms with E-state index in [2.05, 4.69) is 12.2 Å². The monoisotopic (exact) mass is 352 g/mol. The Kier molecular flexibility index (Phi) is 5.06. The fourth-order valence-corrected chi connectivity index (χ4v) is 3.62.